The first-order valence-corrected chi connectivity index (χ1v) is 14.1. The van der Waals surface area contributed by atoms with Gasteiger partial charge in [0.15, 0.2) is 5.88 Å². The van der Waals surface area contributed by atoms with Crippen molar-refractivity contribution in [3.8, 4) is 17.7 Å². The Morgan fingerprint density at radius 1 is 1.13 bits per heavy atom. The smallest absolute Gasteiger partial charge is 0.239 e. The molecule has 0 spiro atoms. The van der Waals surface area contributed by atoms with Crippen LogP contribution in [0.15, 0.2) is 43.1 Å². The van der Waals surface area contributed by atoms with Crippen LogP contribution in [0.25, 0.3) is 0 Å². The molecule has 9 heteroatoms. The lowest BCUT2D eigenvalue weighted by Crippen LogP contribution is -2.39. The average Bonchev–Trinajstić information content (AvgIpc) is 2.94. The molecule has 0 radical (unpaired) electrons. The normalized spacial score (nSPS) is 20.1. The van der Waals surface area contributed by atoms with Gasteiger partial charge >= 0.3 is 0 Å². The highest BCUT2D eigenvalue weighted by atomic mass is 35.5. The zero-order valence-electron chi connectivity index (χ0n) is 22.5. The summed E-state index contributed by atoms with van der Waals surface area (Å²) in [6.45, 7) is 14.0. The van der Waals surface area contributed by atoms with Gasteiger partial charge in [-0.3, -0.25) is 0 Å². The molecule has 204 valence electrons. The predicted molar refractivity (Wildman–Crippen MR) is 150 cm³/mol. The number of nitriles is 1. The number of hydrogen-bond donors (Lipinski definition) is 1. The van der Waals surface area contributed by atoms with E-state index in [1.54, 1.807) is 30.6 Å². The van der Waals surface area contributed by atoms with Crippen LogP contribution in [0.5, 0.6) is 11.6 Å². The number of ether oxygens (including phenoxy) is 2. The molecule has 1 aromatic carbocycles. The number of rotatable bonds is 11. The van der Waals surface area contributed by atoms with Crippen molar-refractivity contribution in [3.63, 3.8) is 0 Å². The van der Waals surface area contributed by atoms with Gasteiger partial charge in [-0.2, -0.15) is 5.26 Å². The number of piperidine rings is 1. The lowest BCUT2D eigenvalue weighted by molar-refractivity contribution is 0.138. The molecule has 8 nitrogen and oxygen atoms in total. The third kappa shape index (κ3) is 7.75. The van der Waals surface area contributed by atoms with E-state index < -0.39 is 0 Å². The summed E-state index contributed by atoms with van der Waals surface area (Å²) in [7, 11) is 0. The van der Waals surface area contributed by atoms with Crippen molar-refractivity contribution in [3.05, 3.63) is 53.6 Å². The third-order valence-electron chi connectivity index (χ3n) is 7.59. The summed E-state index contributed by atoms with van der Waals surface area (Å²) in [5.74, 6) is 3.28. The summed E-state index contributed by atoms with van der Waals surface area (Å²) < 4.78 is 11.9. The minimum atomic E-state index is 0.118. The Morgan fingerprint density at radius 2 is 1.87 bits per heavy atom. The molecule has 0 unspecified atom stereocenters. The van der Waals surface area contributed by atoms with E-state index >= 15 is 0 Å². The first-order valence-electron chi connectivity index (χ1n) is 13.8. The quantitative estimate of drug-likeness (QED) is 0.381. The van der Waals surface area contributed by atoms with Gasteiger partial charge in [0.2, 0.25) is 5.88 Å². The number of aromatic nitrogens is 2. The summed E-state index contributed by atoms with van der Waals surface area (Å²) in [6, 6.07) is 7.53. The Morgan fingerprint density at radius 3 is 2.47 bits per heavy atom. The number of nitrogens with one attached hydrogen (secondary N) is 1. The summed E-state index contributed by atoms with van der Waals surface area (Å²) in [5.41, 5.74) is 0.454. The molecule has 0 bridgehead atoms. The lowest BCUT2D eigenvalue weighted by Gasteiger charge is -2.34. The molecule has 1 N–H and O–H groups in total. The fourth-order valence-corrected chi connectivity index (χ4v) is 5.49. The maximum absolute atomic E-state index is 9.02. The van der Waals surface area contributed by atoms with Gasteiger partial charge in [-0.25, -0.2) is 9.97 Å². The van der Waals surface area contributed by atoms with E-state index in [1.165, 1.54) is 19.4 Å². The van der Waals surface area contributed by atoms with Crippen molar-refractivity contribution in [2.75, 3.05) is 37.6 Å². The molecule has 4 rings (SSSR count). The largest absolute Gasteiger partial charge is 0.490 e. The molecule has 38 heavy (non-hydrogen) atoms. The predicted octanol–water partition coefficient (Wildman–Crippen LogP) is 5.39. The van der Waals surface area contributed by atoms with Gasteiger partial charge in [-0.15, -0.1) is 0 Å². The van der Waals surface area contributed by atoms with E-state index in [2.05, 4.69) is 51.6 Å². The third-order valence-corrected chi connectivity index (χ3v) is 7.91. The fraction of sp³-hybridized carbons (Fsp3) is 0.552. The maximum Gasteiger partial charge on any atom is 0.239 e. The number of anilines is 1. The van der Waals surface area contributed by atoms with E-state index in [1.807, 2.05) is 0 Å². The Kier molecular flexibility index (Phi) is 10.1. The minimum Gasteiger partial charge on any atom is -0.490 e. The second-order valence-electron chi connectivity index (χ2n) is 10.1. The van der Waals surface area contributed by atoms with Gasteiger partial charge in [-0.1, -0.05) is 25.4 Å². The number of hydrogen-bond acceptors (Lipinski definition) is 8. The van der Waals surface area contributed by atoms with Crippen LogP contribution >= 0.6 is 11.6 Å². The van der Waals surface area contributed by atoms with Gasteiger partial charge in [0, 0.05) is 31.7 Å². The molecular formula is C29H39ClN6O2. The minimum absolute atomic E-state index is 0.118. The molecule has 2 heterocycles. The molecule has 2 fully saturated rings. The van der Waals surface area contributed by atoms with E-state index in [0.717, 1.165) is 63.6 Å². The standard InChI is InChI=1S/C29H39ClN6O2/c1-4-35(5-2)20-22-12-14-36(15-13-22)28-18-33-29(19-32-28)37-21(3)34-24-7-10-25(11-8-24)38-26-9-6-23(17-31)27(30)16-26/h6,9,16,18-19,22,24-25,34H,3-5,7-8,10-15,20H2,1-2H3/t24-,25-. The molecule has 1 saturated carbocycles. The molecule has 1 aliphatic heterocycles. The first kappa shape index (κ1) is 28.0. The van der Waals surface area contributed by atoms with E-state index in [4.69, 9.17) is 26.3 Å². The van der Waals surface area contributed by atoms with Crippen molar-refractivity contribution in [2.45, 2.75) is 64.5 Å². The maximum atomic E-state index is 9.02. The van der Waals surface area contributed by atoms with Crippen LogP contribution in [-0.2, 0) is 0 Å². The number of halogens is 1. The highest BCUT2D eigenvalue weighted by molar-refractivity contribution is 6.31. The topological polar surface area (TPSA) is 86.5 Å². The monoisotopic (exact) mass is 538 g/mol. The van der Waals surface area contributed by atoms with Crippen LogP contribution in [0, 0.1) is 17.2 Å². The summed E-state index contributed by atoms with van der Waals surface area (Å²) in [5, 5.41) is 12.8. The molecule has 1 aliphatic carbocycles. The molecule has 0 atom stereocenters. The van der Waals surface area contributed by atoms with Crippen molar-refractivity contribution >= 4 is 17.4 Å². The molecule has 2 aliphatic rings. The van der Waals surface area contributed by atoms with Gasteiger partial charge in [0.25, 0.3) is 0 Å². The summed E-state index contributed by atoms with van der Waals surface area (Å²) in [4.78, 5) is 13.9. The molecule has 1 aromatic heterocycles. The van der Waals surface area contributed by atoms with Crippen molar-refractivity contribution in [1.29, 1.82) is 5.26 Å². The zero-order chi connectivity index (χ0) is 26.9. The summed E-state index contributed by atoms with van der Waals surface area (Å²) >= 11 is 6.12. The molecule has 2 aromatic rings. The molecular weight excluding hydrogens is 500 g/mol. The Balaban J connectivity index is 1.17. The van der Waals surface area contributed by atoms with Crippen molar-refractivity contribution in [1.82, 2.24) is 20.2 Å². The highest BCUT2D eigenvalue weighted by Gasteiger charge is 2.24. The number of benzene rings is 1. The van der Waals surface area contributed by atoms with Crippen LogP contribution < -0.4 is 19.7 Å². The van der Waals surface area contributed by atoms with Crippen LogP contribution in [0.1, 0.15) is 57.9 Å². The zero-order valence-corrected chi connectivity index (χ0v) is 23.3. The van der Waals surface area contributed by atoms with E-state index in [0.29, 0.717) is 28.1 Å². The lowest BCUT2D eigenvalue weighted by atomic mass is 9.93. The molecule has 1 saturated heterocycles. The van der Waals surface area contributed by atoms with Gasteiger partial charge in [0.05, 0.1) is 29.1 Å². The first-order chi connectivity index (χ1) is 18.5. The Hall–Kier alpha value is -3.02. The SMILES string of the molecule is C=C(N[C@H]1CC[C@H](Oc2ccc(C#N)c(Cl)c2)CC1)Oc1cnc(N2CCC(CN(CC)CC)CC2)cn1. The molecule has 0 amide bonds. The summed E-state index contributed by atoms with van der Waals surface area (Å²) in [6.07, 6.45) is 9.65. The van der Waals surface area contributed by atoms with Crippen LogP contribution in [0.2, 0.25) is 5.02 Å². The Labute approximate surface area is 231 Å². The van der Waals surface area contributed by atoms with Crippen molar-refractivity contribution < 1.29 is 9.47 Å². The fourth-order valence-electron chi connectivity index (χ4n) is 5.28. The highest BCUT2D eigenvalue weighted by Crippen LogP contribution is 2.28. The average molecular weight is 539 g/mol. The van der Waals surface area contributed by atoms with E-state index in [-0.39, 0.29) is 12.1 Å². The van der Waals surface area contributed by atoms with Crippen LogP contribution in [0.3, 0.4) is 0 Å². The van der Waals surface area contributed by atoms with Gasteiger partial charge in [0.1, 0.15) is 17.6 Å². The number of nitrogens with zero attached hydrogens (tertiary/aromatic N) is 5. The Bertz CT molecular complexity index is 1090. The second kappa shape index (κ2) is 13.7. The van der Waals surface area contributed by atoms with Crippen LogP contribution in [0.4, 0.5) is 5.82 Å². The van der Waals surface area contributed by atoms with Crippen molar-refractivity contribution in [2.24, 2.45) is 5.92 Å². The van der Waals surface area contributed by atoms with E-state index in [9.17, 15) is 0 Å². The van der Waals surface area contributed by atoms with Gasteiger partial charge in [-0.05, 0) is 76.2 Å². The van der Waals surface area contributed by atoms with Crippen LogP contribution in [-0.4, -0.2) is 59.7 Å². The van der Waals surface area contributed by atoms with Gasteiger partial charge < -0.3 is 24.6 Å². The second-order valence-corrected chi connectivity index (χ2v) is 10.6.